The summed E-state index contributed by atoms with van der Waals surface area (Å²) in [5.74, 6) is 1.53. The number of nitrogens with one attached hydrogen (secondary N) is 1. The number of ether oxygens (including phenoxy) is 2. The molecule has 0 radical (unpaired) electrons. The molecule has 0 aliphatic heterocycles. The summed E-state index contributed by atoms with van der Waals surface area (Å²) in [6.07, 6.45) is 1.15. The number of aromatic nitrogens is 2. The summed E-state index contributed by atoms with van der Waals surface area (Å²) in [5.41, 5.74) is 1.70. The Morgan fingerprint density at radius 2 is 1.62 bits per heavy atom. The molecule has 6 nitrogen and oxygen atoms in total. The molecule has 0 spiro atoms. The van der Waals surface area contributed by atoms with Gasteiger partial charge in [-0.15, -0.1) is 0 Å². The highest BCUT2D eigenvalue weighted by molar-refractivity contribution is 7.98. The first-order chi connectivity index (χ1) is 12.6. The van der Waals surface area contributed by atoms with Gasteiger partial charge in [0.1, 0.15) is 17.3 Å². The molecule has 1 N–H and O–H groups in total. The molecule has 0 amide bonds. The Balaban J connectivity index is 1.61. The van der Waals surface area contributed by atoms with Crippen molar-refractivity contribution in [3.8, 4) is 11.5 Å². The molecular formula is C19H17N3O3S. The van der Waals surface area contributed by atoms with Crippen LogP contribution in [0.2, 0.25) is 0 Å². The van der Waals surface area contributed by atoms with Crippen molar-refractivity contribution >= 4 is 29.4 Å². The van der Waals surface area contributed by atoms with Gasteiger partial charge in [-0.3, -0.25) is 0 Å². The Hall–Kier alpha value is -3.06. The van der Waals surface area contributed by atoms with E-state index >= 15 is 0 Å². The van der Waals surface area contributed by atoms with E-state index in [1.54, 1.807) is 48.5 Å². The number of nitrogens with zero attached hydrogens (tertiary/aromatic N) is 2. The Bertz CT molecular complexity index is 886. The zero-order chi connectivity index (χ0) is 18.4. The number of thioether (sulfide) groups is 1. The van der Waals surface area contributed by atoms with Crippen LogP contribution in [0.3, 0.4) is 0 Å². The number of rotatable bonds is 5. The molecular weight excluding hydrogens is 350 g/mol. The average molecular weight is 367 g/mol. The fourth-order valence-corrected chi connectivity index (χ4v) is 2.58. The van der Waals surface area contributed by atoms with E-state index in [4.69, 9.17) is 9.47 Å². The Labute approximate surface area is 155 Å². The molecule has 0 atom stereocenters. The van der Waals surface area contributed by atoms with Crippen LogP contribution in [0.4, 0.5) is 16.3 Å². The highest BCUT2D eigenvalue weighted by Gasteiger charge is 2.08. The van der Waals surface area contributed by atoms with Crippen LogP contribution in [0, 0.1) is 6.92 Å². The van der Waals surface area contributed by atoms with E-state index in [-0.39, 0.29) is 0 Å². The van der Waals surface area contributed by atoms with Crippen molar-refractivity contribution in [1.82, 2.24) is 9.97 Å². The summed E-state index contributed by atoms with van der Waals surface area (Å²) < 4.78 is 10.2. The normalized spacial score (nSPS) is 10.2. The summed E-state index contributed by atoms with van der Waals surface area (Å²) in [6.45, 7) is 1.92. The molecule has 3 rings (SSSR count). The largest absolute Gasteiger partial charge is 0.519 e. The Kier molecular flexibility index (Phi) is 5.70. The van der Waals surface area contributed by atoms with E-state index < -0.39 is 6.16 Å². The van der Waals surface area contributed by atoms with Gasteiger partial charge in [-0.05, 0) is 49.6 Å². The molecule has 0 aliphatic rings. The van der Waals surface area contributed by atoms with Crippen LogP contribution in [0.15, 0.2) is 65.8 Å². The average Bonchev–Trinajstić information content (AvgIpc) is 2.63. The predicted octanol–water partition coefficient (Wildman–Crippen LogP) is 4.83. The molecule has 0 saturated heterocycles. The minimum absolute atomic E-state index is 0.389. The maximum atomic E-state index is 11.8. The fourth-order valence-electron chi connectivity index (χ4n) is 2.15. The molecule has 2 aromatic carbocycles. The highest BCUT2D eigenvalue weighted by Crippen LogP contribution is 2.21. The van der Waals surface area contributed by atoms with Crippen molar-refractivity contribution in [2.24, 2.45) is 0 Å². The molecule has 132 valence electrons. The molecule has 0 aliphatic carbocycles. The van der Waals surface area contributed by atoms with Gasteiger partial charge in [-0.2, -0.15) is 0 Å². The summed E-state index contributed by atoms with van der Waals surface area (Å²) >= 11 is 1.48. The minimum Gasteiger partial charge on any atom is -0.395 e. The van der Waals surface area contributed by atoms with E-state index in [2.05, 4.69) is 15.3 Å². The first kappa shape index (κ1) is 17.8. The maximum Gasteiger partial charge on any atom is 0.519 e. The molecule has 0 saturated carbocycles. The number of hydrogen-bond donors (Lipinski definition) is 1. The second-order valence-corrected chi connectivity index (χ2v) is 6.07. The van der Waals surface area contributed by atoms with Crippen LogP contribution in [0.5, 0.6) is 11.5 Å². The third kappa shape index (κ3) is 4.97. The summed E-state index contributed by atoms with van der Waals surface area (Å²) in [7, 11) is 0. The second-order valence-electron chi connectivity index (χ2n) is 5.30. The summed E-state index contributed by atoms with van der Waals surface area (Å²) in [5, 5.41) is 3.91. The highest BCUT2D eigenvalue weighted by atomic mass is 32.2. The standard InChI is InChI=1S/C19H17N3O3S/c1-13-12-17(22-18(20-13)26-2)21-14-8-10-16(11-9-14)25-19(23)24-15-6-4-3-5-7-15/h3-12H,1-2H3,(H,20,21,22). The summed E-state index contributed by atoms with van der Waals surface area (Å²) in [4.78, 5) is 20.5. The number of carbonyl (C=O) groups excluding carboxylic acids is 1. The second kappa shape index (κ2) is 8.35. The number of benzene rings is 2. The molecule has 1 aromatic heterocycles. The van der Waals surface area contributed by atoms with Gasteiger partial charge >= 0.3 is 6.16 Å². The molecule has 0 unspecified atom stereocenters. The van der Waals surface area contributed by atoms with Crippen LogP contribution < -0.4 is 14.8 Å². The third-order valence-corrected chi connectivity index (χ3v) is 3.84. The van der Waals surface area contributed by atoms with E-state index in [0.29, 0.717) is 22.5 Å². The maximum absolute atomic E-state index is 11.8. The van der Waals surface area contributed by atoms with E-state index in [0.717, 1.165) is 11.4 Å². The number of para-hydroxylation sites is 1. The SMILES string of the molecule is CSc1nc(C)cc(Nc2ccc(OC(=O)Oc3ccccc3)cc2)n1. The topological polar surface area (TPSA) is 73.3 Å². The molecule has 26 heavy (non-hydrogen) atoms. The number of carbonyl (C=O) groups is 1. The van der Waals surface area contributed by atoms with Crippen molar-refractivity contribution < 1.29 is 14.3 Å². The van der Waals surface area contributed by atoms with Gasteiger partial charge in [0.2, 0.25) is 0 Å². The fraction of sp³-hybridized carbons (Fsp3) is 0.105. The van der Waals surface area contributed by atoms with Crippen LogP contribution in [0.1, 0.15) is 5.69 Å². The van der Waals surface area contributed by atoms with Crippen molar-refractivity contribution in [2.45, 2.75) is 12.1 Å². The number of anilines is 2. The molecule has 1 heterocycles. The van der Waals surface area contributed by atoms with Gasteiger partial charge in [0, 0.05) is 17.4 Å². The van der Waals surface area contributed by atoms with E-state index in [1.807, 2.05) is 25.3 Å². The van der Waals surface area contributed by atoms with Gasteiger partial charge < -0.3 is 14.8 Å². The Morgan fingerprint density at radius 1 is 0.962 bits per heavy atom. The lowest BCUT2D eigenvalue weighted by Crippen LogP contribution is -2.13. The predicted molar refractivity (Wildman–Crippen MR) is 101 cm³/mol. The molecule has 0 bridgehead atoms. The summed E-state index contributed by atoms with van der Waals surface area (Å²) in [6, 6.07) is 17.6. The van der Waals surface area contributed by atoms with Crippen LogP contribution >= 0.6 is 11.8 Å². The monoisotopic (exact) mass is 367 g/mol. The van der Waals surface area contributed by atoms with Gasteiger partial charge in [-0.1, -0.05) is 30.0 Å². The van der Waals surface area contributed by atoms with Crippen LogP contribution in [-0.4, -0.2) is 22.4 Å². The van der Waals surface area contributed by atoms with E-state index in [1.165, 1.54) is 11.8 Å². The lowest BCUT2D eigenvalue weighted by Gasteiger charge is -2.09. The smallest absolute Gasteiger partial charge is 0.395 e. The zero-order valence-corrected chi connectivity index (χ0v) is 15.1. The molecule has 3 aromatic rings. The third-order valence-electron chi connectivity index (χ3n) is 3.29. The first-order valence-corrected chi connectivity index (χ1v) is 9.06. The van der Waals surface area contributed by atoms with Gasteiger partial charge in [0.05, 0.1) is 0 Å². The lowest BCUT2D eigenvalue weighted by molar-refractivity contribution is 0.152. The first-order valence-electron chi connectivity index (χ1n) is 7.84. The van der Waals surface area contributed by atoms with Crippen molar-refractivity contribution in [2.75, 3.05) is 11.6 Å². The minimum atomic E-state index is -0.784. The Morgan fingerprint density at radius 3 is 2.27 bits per heavy atom. The molecule has 7 heteroatoms. The lowest BCUT2D eigenvalue weighted by atomic mass is 10.3. The van der Waals surface area contributed by atoms with Crippen molar-refractivity contribution in [3.05, 3.63) is 66.4 Å². The zero-order valence-electron chi connectivity index (χ0n) is 14.3. The quantitative estimate of drug-likeness (QED) is 0.300. The molecule has 0 fully saturated rings. The van der Waals surface area contributed by atoms with Crippen LogP contribution in [0.25, 0.3) is 0 Å². The van der Waals surface area contributed by atoms with Gasteiger partial charge in [0.15, 0.2) is 5.16 Å². The van der Waals surface area contributed by atoms with Crippen LogP contribution in [-0.2, 0) is 0 Å². The van der Waals surface area contributed by atoms with Gasteiger partial charge in [0.25, 0.3) is 0 Å². The van der Waals surface area contributed by atoms with Crippen molar-refractivity contribution in [1.29, 1.82) is 0 Å². The van der Waals surface area contributed by atoms with Gasteiger partial charge in [-0.25, -0.2) is 14.8 Å². The number of aryl methyl sites for hydroxylation is 1. The van der Waals surface area contributed by atoms with E-state index in [9.17, 15) is 4.79 Å². The van der Waals surface area contributed by atoms with Crippen molar-refractivity contribution in [3.63, 3.8) is 0 Å². The number of hydrogen-bond acceptors (Lipinski definition) is 7.